The van der Waals surface area contributed by atoms with Crippen molar-refractivity contribution in [2.75, 3.05) is 25.1 Å². The number of rotatable bonds is 8. The van der Waals surface area contributed by atoms with Crippen molar-refractivity contribution in [3.8, 4) is 17.2 Å². The molecule has 24 heavy (non-hydrogen) atoms. The first kappa shape index (κ1) is 17.6. The molecule has 0 saturated carbocycles. The van der Waals surface area contributed by atoms with E-state index in [0.717, 1.165) is 5.75 Å². The van der Waals surface area contributed by atoms with Crippen LogP contribution in [0.2, 0.25) is 0 Å². The summed E-state index contributed by atoms with van der Waals surface area (Å²) in [5.41, 5.74) is 0.401. The number of ether oxygens (including phenoxy) is 3. The first-order valence-electron chi connectivity index (χ1n) is 7.70. The van der Waals surface area contributed by atoms with Crippen LogP contribution in [0.4, 0.5) is 10.1 Å². The summed E-state index contributed by atoms with van der Waals surface area (Å²) >= 11 is 0. The molecular weight excluding hydrogens is 313 g/mol. The predicted molar refractivity (Wildman–Crippen MR) is 89.3 cm³/mol. The molecule has 2 rings (SSSR count). The van der Waals surface area contributed by atoms with Gasteiger partial charge in [0.2, 0.25) is 0 Å². The van der Waals surface area contributed by atoms with Crippen LogP contribution < -0.4 is 19.5 Å². The fourth-order valence-electron chi connectivity index (χ4n) is 2.01. The molecule has 5 nitrogen and oxygen atoms in total. The standard InChI is InChI=1S/C18H20FNO4/c1-3-22-14-6-8-15(9-7-14)24-12-18(21)20-16-10-5-13(19)11-17(16)23-4-2/h5-11H,3-4,12H2,1-2H3,(H,20,21). The van der Waals surface area contributed by atoms with E-state index in [4.69, 9.17) is 14.2 Å². The number of carbonyl (C=O) groups is 1. The second-order valence-corrected chi connectivity index (χ2v) is 4.81. The summed E-state index contributed by atoms with van der Waals surface area (Å²) < 4.78 is 29.3. The van der Waals surface area contributed by atoms with Crippen LogP contribution in [0.5, 0.6) is 17.2 Å². The van der Waals surface area contributed by atoms with Crippen molar-refractivity contribution in [3.63, 3.8) is 0 Å². The van der Waals surface area contributed by atoms with Crippen LogP contribution in [0.1, 0.15) is 13.8 Å². The van der Waals surface area contributed by atoms with Gasteiger partial charge < -0.3 is 19.5 Å². The molecule has 0 aromatic heterocycles. The highest BCUT2D eigenvalue weighted by Crippen LogP contribution is 2.25. The molecule has 0 spiro atoms. The fraction of sp³-hybridized carbons (Fsp3) is 0.278. The van der Waals surface area contributed by atoms with E-state index >= 15 is 0 Å². The van der Waals surface area contributed by atoms with Gasteiger partial charge in [-0.2, -0.15) is 0 Å². The summed E-state index contributed by atoms with van der Waals surface area (Å²) in [5, 5.41) is 2.64. The van der Waals surface area contributed by atoms with Gasteiger partial charge in [0.1, 0.15) is 23.1 Å². The number of carbonyl (C=O) groups excluding carboxylic acids is 1. The minimum Gasteiger partial charge on any atom is -0.494 e. The van der Waals surface area contributed by atoms with Crippen molar-refractivity contribution in [2.45, 2.75) is 13.8 Å². The van der Waals surface area contributed by atoms with Gasteiger partial charge in [0.05, 0.1) is 18.9 Å². The van der Waals surface area contributed by atoms with E-state index in [0.29, 0.717) is 24.7 Å². The van der Waals surface area contributed by atoms with Crippen LogP contribution in [-0.2, 0) is 4.79 Å². The normalized spacial score (nSPS) is 10.1. The van der Waals surface area contributed by atoms with E-state index in [9.17, 15) is 9.18 Å². The molecule has 1 N–H and O–H groups in total. The van der Waals surface area contributed by atoms with Crippen LogP contribution in [0, 0.1) is 5.82 Å². The summed E-state index contributed by atoms with van der Waals surface area (Å²) in [6.07, 6.45) is 0. The van der Waals surface area contributed by atoms with Crippen molar-refractivity contribution in [3.05, 3.63) is 48.3 Å². The van der Waals surface area contributed by atoms with E-state index in [1.54, 1.807) is 31.2 Å². The summed E-state index contributed by atoms with van der Waals surface area (Å²) in [7, 11) is 0. The molecule has 0 saturated heterocycles. The van der Waals surface area contributed by atoms with Gasteiger partial charge in [0.25, 0.3) is 5.91 Å². The van der Waals surface area contributed by atoms with Crippen molar-refractivity contribution >= 4 is 11.6 Å². The van der Waals surface area contributed by atoms with Crippen LogP contribution >= 0.6 is 0 Å². The zero-order chi connectivity index (χ0) is 17.4. The number of anilines is 1. The Bertz CT molecular complexity index is 673. The Morgan fingerprint density at radius 1 is 0.958 bits per heavy atom. The van der Waals surface area contributed by atoms with Gasteiger partial charge in [-0.3, -0.25) is 4.79 Å². The van der Waals surface area contributed by atoms with Gasteiger partial charge in [-0.25, -0.2) is 4.39 Å². The third kappa shape index (κ3) is 5.15. The lowest BCUT2D eigenvalue weighted by molar-refractivity contribution is -0.118. The summed E-state index contributed by atoms with van der Waals surface area (Å²) in [6, 6.07) is 10.9. The van der Waals surface area contributed by atoms with Gasteiger partial charge in [0.15, 0.2) is 6.61 Å². The molecule has 2 aromatic carbocycles. The molecule has 0 fully saturated rings. The Kier molecular flexibility index (Phi) is 6.42. The average molecular weight is 333 g/mol. The average Bonchev–Trinajstić information content (AvgIpc) is 2.57. The molecule has 0 heterocycles. The Morgan fingerprint density at radius 3 is 2.21 bits per heavy atom. The molecule has 0 aliphatic heterocycles. The lowest BCUT2D eigenvalue weighted by atomic mass is 10.3. The topological polar surface area (TPSA) is 56.8 Å². The summed E-state index contributed by atoms with van der Waals surface area (Å²) in [6.45, 7) is 4.47. The molecule has 6 heteroatoms. The van der Waals surface area contributed by atoms with Crippen LogP contribution in [0.25, 0.3) is 0 Å². The second-order valence-electron chi connectivity index (χ2n) is 4.81. The molecule has 0 atom stereocenters. The third-order valence-corrected chi connectivity index (χ3v) is 3.02. The molecule has 0 radical (unpaired) electrons. The third-order valence-electron chi connectivity index (χ3n) is 3.02. The SMILES string of the molecule is CCOc1ccc(OCC(=O)Nc2ccc(F)cc2OCC)cc1. The molecule has 2 aromatic rings. The van der Waals surface area contributed by atoms with Crippen LogP contribution in [0.15, 0.2) is 42.5 Å². The van der Waals surface area contributed by atoms with Crippen LogP contribution in [0.3, 0.4) is 0 Å². The van der Waals surface area contributed by atoms with Crippen molar-refractivity contribution < 1.29 is 23.4 Å². The Balaban J connectivity index is 1.91. The van der Waals surface area contributed by atoms with Crippen molar-refractivity contribution in [1.29, 1.82) is 0 Å². The molecule has 0 bridgehead atoms. The summed E-state index contributed by atoms with van der Waals surface area (Å²) in [5.74, 6) is 0.783. The summed E-state index contributed by atoms with van der Waals surface area (Å²) in [4.78, 5) is 12.0. The van der Waals surface area contributed by atoms with E-state index < -0.39 is 5.82 Å². The lowest BCUT2D eigenvalue weighted by Crippen LogP contribution is -2.20. The van der Waals surface area contributed by atoms with E-state index in [2.05, 4.69) is 5.32 Å². The highest BCUT2D eigenvalue weighted by molar-refractivity contribution is 5.93. The minimum absolute atomic E-state index is 0.170. The predicted octanol–water partition coefficient (Wildman–Crippen LogP) is 3.64. The van der Waals surface area contributed by atoms with E-state index in [1.807, 2.05) is 6.92 Å². The maximum atomic E-state index is 13.2. The highest BCUT2D eigenvalue weighted by Gasteiger charge is 2.10. The monoisotopic (exact) mass is 333 g/mol. The van der Waals surface area contributed by atoms with Crippen LogP contribution in [-0.4, -0.2) is 25.7 Å². The molecular formula is C18H20FNO4. The number of halogens is 1. The number of nitrogens with one attached hydrogen (secondary N) is 1. The number of amides is 1. The first-order valence-corrected chi connectivity index (χ1v) is 7.70. The van der Waals surface area contributed by atoms with Crippen molar-refractivity contribution in [2.24, 2.45) is 0 Å². The van der Waals surface area contributed by atoms with Gasteiger partial charge in [-0.05, 0) is 50.2 Å². The number of hydrogen-bond donors (Lipinski definition) is 1. The molecule has 1 amide bonds. The smallest absolute Gasteiger partial charge is 0.262 e. The quantitative estimate of drug-likeness (QED) is 0.801. The maximum Gasteiger partial charge on any atom is 0.262 e. The zero-order valence-electron chi connectivity index (χ0n) is 13.7. The lowest BCUT2D eigenvalue weighted by Gasteiger charge is -2.12. The zero-order valence-corrected chi connectivity index (χ0v) is 13.7. The number of hydrogen-bond acceptors (Lipinski definition) is 4. The Labute approximate surface area is 140 Å². The largest absolute Gasteiger partial charge is 0.494 e. The van der Waals surface area contributed by atoms with Gasteiger partial charge >= 0.3 is 0 Å². The molecule has 0 aliphatic carbocycles. The van der Waals surface area contributed by atoms with Gasteiger partial charge in [0, 0.05) is 6.07 Å². The molecule has 0 aliphatic rings. The molecule has 0 unspecified atom stereocenters. The minimum atomic E-state index is -0.429. The first-order chi connectivity index (χ1) is 11.6. The second kappa shape index (κ2) is 8.76. The Morgan fingerprint density at radius 2 is 1.58 bits per heavy atom. The van der Waals surface area contributed by atoms with Gasteiger partial charge in [-0.15, -0.1) is 0 Å². The number of benzene rings is 2. The highest BCUT2D eigenvalue weighted by atomic mass is 19.1. The van der Waals surface area contributed by atoms with Gasteiger partial charge in [-0.1, -0.05) is 0 Å². The fourth-order valence-corrected chi connectivity index (χ4v) is 2.01. The molecule has 128 valence electrons. The van der Waals surface area contributed by atoms with Crippen molar-refractivity contribution in [1.82, 2.24) is 0 Å². The van der Waals surface area contributed by atoms with E-state index in [1.165, 1.54) is 18.2 Å². The maximum absolute atomic E-state index is 13.2. The Hall–Kier alpha value is -2.76. The van der Waals surface area contributed by atoms with E-state index in [-0.39, 0.29) is 18.3 Å².